The third-order valence-electron chi connectivity index (χ3n) is 3.12. The summed E-state index contributed by atoms with van der Waals surface area (Å²) in [4.78, 5) is 1.19. The van der Waals surface area contributed by atoms with Gasteiger partial charge in [0.15, 0.2) is 0 Å². The largest absolute Gasteiger partial charge is 0.316 e. The van der Waals surface area contributed by atoms with Crippen molar-refractivity contribution in [3.8, 4) is 0 Å². The molecule has 3 heteroatoms. The molecule has 0 amide bonds. The van der Waals surface area contributed by atoms with Crippen LogP contribution in [0, 0.1) is 12.8 Å². The van der Waals surface area contributed by atoms with Gasteiger partial charge in [0.2, 0.25) is 0 Å². The molecule has 14 heavy (non-hydrogen) atoms. The van der Waals surface area contributed by atoms with Crippen molar-refractivity contribution in [1.29, 1.82) is 0 Å². The highest BCUT2D eigenvalue weighted by molar-refractivity contribution is 7.10. The first kappa shape index (κ1) is 10.1. The minimum absolute atomic E-state index is 0.136. The van der Waals surface area contributed by atoms with E-state index in [4.69, 9.17) is 0 Å². The molecule has 1 nitrogen and oxygen atoms in total. The van der Waals surface area contributed by atoms with E-state index in [0.717, 1.165) is 25.1 Å². The van der Waals surface area contributed by atoms with Gasteiger partial charge in [0.05, 0.1) is 0 Å². The molecule has 1 fully saturated rings. The van der Waals surface area contributed by atoms with Crippen LogP contribution in [0.15, 0.2) is 11.4 Å². The van der Waals surface area contributed by atoms with Crippen molar-refractivity contribution in [2.75, 3.05) is 13.1 Å². The molecule has 0 aromatic carbocycles. The summed E-state index contributed by atoms with van der Waals surface area (Å²) in [7, 11) is 0. The van der Waals surface area contributed by atoms with E-state index in [-0.39, 0.29) is 5.92 Å². The van der Waals surface area contributed by atoms with Crippen LogP contribution in [-0.2, 0) is 5.67 Å². The lowest BCUT2D eigenvalue weighted by atomic mass is 9.85. The third kappa shape index (κ3) is 1.71. The number of hydrogen-bond acceptors (Lipinski definition) is 2. The molecule has 0 aliphatic carbocycles. The van der Waals surface area contributed by atoms with Crippen molar-refractivity contribution < 1.29 is 4.39 Å². The Balaban J connectivity index is 2.22. The number of thiophene rings is 1. The van der Waals surface area contributed by atoms with E-state index in [1.165, 1.54) is 4.88 Å². The second kappa shape index (κ2) is 3.63. The second-order valence-electron chi connectivity index (χ2n) is 4.21. The molecular formula is C11H16FNS. The van der Waals surface area contributed by atoms with E-state index < -0.39 is 5.67 Å². The predicted molar refractivity (Wildman–Crippen MR) is 58.5 cm³/mol. The maximum Gasteiger partial charge on any atom is 0.138 e. The lowest BCUT2D eigenvalue weighted by molar-refractivity contribution is 0.113. The molecule has 1 N–H and O–H groups in total. The molecule has 78 valence electrons. The van der Waals surface area contributed by atoms with Gasteiger partial charge in [0.1, 0.15) is 5.67 Å². The molecule has 2 rings (SSSR count). The van der Waals surface area contributed by atoms with Crippen molar-refractivity contribution >= 4 is 11.3 Å². The van der Waals surface area contributed by atoms with Crippen LogP contribution < -0.4 is 5.32 Å². The first-order valence-electron chi connectivity index (χ1n) is 5.06. The van der Waals surface area contributed by atoms with Gasteiger partial charge in [-0.15, -0.1) is 11.3 Å². The fourth-order valence-corrected chi connectivity index (χ4v) is 2.86. The molecule has 1 saturated heterocycles. The summed E-state index contributed by atoms with van der Waals surface area (Å²) in [6.07, 6.45) is 0.946. The Bertz CT molecular complexity index is 313. The monoisotopic (exact) mass is 213 g/mol. The summed E-state index contributed by atoms with van der Waals surface area (Å²) in [6.45, 7) is 5.50. The first-order valence-corrected chi connectivity index (χ1v) is 5.94. The van der Waals surface area contributed by atoms with Gasteiger partial charge in [-0.25, -0.2) is 4.39 Å². The van der Waals surface area contributed by atoms with Crippen LogP contribution >= 0.6 is 11.3 Å². The zero-order chi connectivity index (χ0) is 10.2. The summed E-state index contributed by atoms with van der Waals surface area (Å²) in [5.74, 6) is 0.136. The Labute approximate surface area is 88.3 Å². The summed E-state index contributed by atoms with van der Waals surface area (Å²) in [6, 6.07) is 1.98. The van der Waals surface area contributed by atoms with E-state index >= 15 is 0 Å². The van der Waals surface area contributed by atoms with Crippen molar-refractivity contribution in [1.82, 2.24) is 5.32 Å². The lowest BCUT2D eigenvalue weighted by Gasteiger charge is -2.25. The number of halogens is 1. The second-order valence-corrected chi connectivity index (χ2v) is 5.33. The molecule has 1 aromatic heterocycles. The van der Waals surface area contributed by atoms with Crippen molar-refractivity contribution in [2.24, 2.45) is 5.92 Å². The Morgan fingerprint density at radius 2 is 2.43 bits per heavy atom. The maximum atomic E-state index is 14.5. The predicted octanol–water partition coefficient (Wildman–Crippen LogP) is 2.85. The molecule has 1 aliphatic rings. The van der Waals surface area contributed by atoms with Gasteiger partial charge in [0, 0.05) is 17.3 Å². The van der Waals surface area contributed by atoms with E-state index in [9.17, 15) is 4.39 Å². The van der Waals surface area contributed by atoms with Gasteiger partial charge in [0.25, 0.3) is 0 Å². The molecule has 2 heterocycles. The Hall–Kier alpha value is -0.410. The highest BCUT2D eigenvalue weighted by atomic mass is 32.1. The Kier molecular flexibility index (Phi) is 2.62. The molecular weight excluding hydrogens is 197 g/mol. The van der Waals surface area contributed by atoms with Crippen molar-refractivity contribution in [3.63, 3.8) is 0 Å². The zero-order valence-corrected chi connectivity index (χ0v) is 9.46. The summed E-state index contributed by atoms with van der Waals surface area (Å²) in [5, 5.41) is 5.17. The topological polar surface area (TPSA) is 12.0 Å². The highest BCUT2D eigenvalue weighted by Gasteiger charge is 2.38. The van der Waals surface area contributed by atoms with E-state index in [2.05, 4.69) is 5.32 Å². The van der Waals surface area contributed by atoms with Crippen LogP contribution in [0.5, 0.6) is 0 Å². The van der Waals surface area contributed by atoms with Crippen LogP contribution in [0.2, 0.25) is 0 Å². The summed E-state index contributed by atoms with van der Waals surface area (Å²) in [5.41, 5.74) is -0.303. The lowest BCUT2D eigenvalue weighted by Crippen LogP contribution is -2.28. The molecule has 0 spiro atoms. The summed E-state index contributed by atoms with van der Waals surface area (Å²) < 4.78 is 14.5. The number of nitrogens with one attached hydrogen (secondary N) is 1. The highest BCUT2D eigenvalue weighted by Crippen LogP contribution is 2.38. The van der Waals surface area contributed by atoms with Crippen LogP contribution in [0.1, 0.15) is 23.8 Å². The van der Waals surface area contributed by atoms with E-state index in [1.54, 1.807) is 18.3 Å². The van der Waals surface area contributed by atoms with Gasteiger partial charge >= 0.3 is 0 Å². The number of hydrogen-bond donors (Lipinski definition) is 1. The first-order chi connectivity index (χ1) is 6.60. The maximum absolute atomic E-state index is 14.5. The van der Waals surface area contributed by atoms with E-state index in [1.807, 2.05) is 18.4 Å². The standard InChI is InChI=1S/C11H16FNS/c1-8-5-10(7-14-8)11(2,12)9-3-4-13-6-9/h5,7,9,13H,3-4,6H2,1-2H3. The van der Waals surface area contributed by atoms with Crippen LogP contribution in [0.25, 0.3) is 0 Å². The van der Waals surface area contributed by atoms with Gasteiger partial charge in [-0.1, -0.05) is 0 Å². The summed E-state index contributed by atoms with van der Waals surface area (Å²) >= 11 is 1.63. The van der Waals surface area contributed by atoms with Crippen molar-refractivity contribution in [2.45, 2.75) is 25.9 Å². The third-order valence-corrected chi connectivity index (χ3v) is 3.98. The van der Waals surface area contributed by atoms with Crippen molar-refractivity contribution in [3.05, 3.63) is 21.9 Å². The van der Waals surface area contributed by atoms with Gasteiger partial charge in [-0.05, 0) is 43.8 Å². The fourth-order valence-electron chi connectivity index (χ4n) is 2.05. The minimum atomic E-state index is -1.16. The van der Waals surface area contributed by atoms with Crippen LogP contribution in [0.4, 0.5) is 4.39 Å². The van der Waals surface area contributed by atoms with Gasteiger partial charge < -0.3 is 5.32 Å². The van der Waals surface area contributed by atoms with E-state index in [0.29, 0.717) is 0 Å². The van der Waals surface area contributed by atoms with Crippen LogP contribution in [0.3, 0.4) is 0 Å². The molecule has 2 unspecified atom stereocenters. The number of aryl methyl sites for hydroxylation is 1. The Morgan fingerprint density at radius 3 is 2.93 bits per heavy atom. The zero-order valence-electron chi connectivity index (χ0n) is 8.64. The quantitative estimate of drug-likeness (QED) is 0.796. The molecule has 0 saturated carbocycles. The number of alkyl halides is 1. The molecule has 0 radical (unpaired) electrons. The molecule has 1 aromatic rings. The molecule has 2 atom stereocenters. The Morgan fingerprint density at radius 1 is 1.64 bits per heavy atom. The number of rotatable bonds is 2. The minimum Gasteiger partial charge on any atom is -0.316 e. The SMILES string of the molecule is Cc1cc(C(C)(F)C2CCNC2)cs1. The average molecular weight is 213 g/mol. The van der Waals surface area contributed by atoms with Gasteiger partial charge in [-0.3, -0.25) is 0 Å². The fraction of sp³-hybridized carbons (Fsp3) is 0.636. The normalized spacial score (nSPS) is 26.4. The smallest absolute Gasteiger partial charge is 0.138 e. The molecule has 0 bridgehead atoms. The van der Waals surface area contributed by atoms with Gasteiger partial charge in [-0.2, -0.15) is 0 Å². The average Bonchev–Trinajstić information content (AvgIpc) is 2.72. The van der Waals surface area contributed by atoms with Crippen LogP contribution in [-0.4, -0.2) is 13.1 Å². The molecule has 1 aliphatic heterocycles.